The zero-order chi connectivity index (χ0) is 12.3. The second kappa shape index (κ2) is 5.32. The molecule has 1 saturated heterocycles. The van der Waals surface area contributed by atoms with Crippen LogP contribution < -0.4 is 10.6 Å². The van der Waals surface area contributed by atoms with Crippen molar-refractivity contribution < 1.29 is 4.79 Å². The number of carbonyl (C=O) groups is 1. The summed E-state index contributed by atoms with van der Waals surface area (Å²) in [5.41, 5.74) is 2.55. The maximum absolute atomic E-state index is 11.6. The Hall–Kier alpha value is -1.35. The summed E-state index contributed by atoms with van der Waals surface area (Å²) in [6, 6.07) is 8.48. The van der Waals surface area contributed by atoms with Gasteiger partial charge in [-0.1, -0.05) is 38.1 Å². The van der Waals surface area contributed by atoms with Crippen LogP contribution in [0.3, 0.4) is 0 Å². The standard InChI is InChI=1S/C14H20N2O/c1-10(2)12-5-3-11(4-6-12)9-13-14(17)16-8-7-15-13/h3-6,10,13,15H,7-9H2,1-2H3,(H,16,17). The summed E-state index contributed by atoms with van der Waals surface area (Å²) in [7, 11) is 0. The maximum Gasteiger partial charge on any atom is 0.237 e. The van der Waals surface area contributed by atoms with Gasteiger partial charge < -0.3 is 10.6 Å². The average molecular weight is 232 g/mol. The molecule has 0 spiro atoms. The van der Waals surface area contributed by atoms with Crippen molar-refractivity contribution in [2.75, 3.05) is 13.1 Å². The van der Waals surface area contributed by atoms with E-state index in [9.17, 15) is 4.79 Å². The monoisotopic (exact) mass is 232 g/mol. The molecule has 17 heavy (non-hydrogen) atoms. The number of rotatable bonds is 3. The molecule has 0 aliphatic carbocycles. The first-order chi connectivity index (χ1) is 8.16. The van der Waals surface area contributed by atoms with Crippen LogP contribution in [0.2, 0.25) is 0 Å². The molecule has 3 nitrogen and oxygen atoms in total. The van der Waals surface area contributed by atoms with Crippen LogP contribution in [0, 0.1) is 0 Å². The fourth-order valence-electron chi connectivity index (χ4n) is 2.09. The van der Waals surface area contributed by atoms with Crippen LogP contribution in [0.25, 0.3) is 0 Å². The molecule has 3 heteroatoms. The molecule has 0 radical (unpaired) electrons. The van der Waals surface area contributed by atoms with Crippen molar-refractivity contribution in [3.05, 3.63) is 35.4 Å². The molecule has 2 N–H and O–H groups in total. The van der Waals surface area contributed by atoms with E-state index in [4.69, 9.17) is 0 Å². The Bertz CT molecular complexity index is 384. The lowest BCUT2D eigenvalue weighted by Gasteiger charge is -2.23. The molecule has 1 aromatic carbocycles. The van der Waals surface area contributed by atoms with E-state index in [-0.39, 0.29) is 11.9 Å². The number of piperazine rings is 1. The first-order valence-corrected chi connectivity index (χ1v) is 6.27. The summed E-state index contributed by atoms with van der Waals surface area (Å²) in [5.74, 6) is 0.671. The average Bonchev–Trinajstić information content (AvgIpc) is 2.33. The minimum Gasteiger partial charge on any atom is -0.353 e. The summed E-state index contributed by atoms with van der Waals surface area (Å²) in [4.78, 5) is 11.6. The second-order valence-corrected chi connectivity index (χ2v) is 4.90. The topological polar surface area (TPSA) is 41.1 Å². The normalized spacial score (nSPS) is 20.4. The van der Waals surface area contributed by atoms with Crippen LogP contribution >= 0.6 is 0 Å². The van der Waals surface area contributed by atoms with Crippen LogP contribution in [0.1, 0.15) is 30.9 Å². The van der Waals surface area contributed by atoms with Crippen molar-refractivity contribution in [3.63, 3.8) is 0 Å². The Morgan fingerprint density at radius 1 is 1.24 bits per heavy atom. The first-order valence-electron chi connectivity index (χ1n) is 6.27. The number of benzene rings is 1. The number of hydrogen-bond donors (Lipinski definition) is 2. The number of amides is 1. The minimum atomic E-state index is -0.0753. The van der Waals surface area contributed by atoms with Gasteiger partial charge in [-0.05, 0) is 23.5 Å². The Kier molecular flexibility index (Phi) is 3.79. The lowest BCUT2D eigenvalue weighted by molar-refractivity contribution is -0.124. The fourth-order valence-corrected chi connectivity index (χ4v) is 2.09. The summed E-state index contributed by atoms with van der Waals surface area (Å²) < 4.78 is 0. The van der Waals surface area contributed by atoms with Crippen LogP contribution in [0.4, 0.5) is 0 Å². The van der Waals surface area contributed by atoms with E-state index in [2.05, 4.69) is 48.7 Å². The van der Waals surface area contributed by atoms with E-state index in [1.54, 1.807) is 0 Å². The smallest absolute Gasteiger partial charge is 0.237 e. The van der Waals surface area contributed by atoms with Gasteiger partial charge in [-0.25, -0.2) is 0 Å². The Labute approximate surface area is 103 Å². The van der Waals surface area contributed by atoms with Gasteiger partial charge in [0, 0.05) is 13.1 Å². The summed E-state index contributed by atoms with van der Waals surface area (Å²) in [6.45, 7) is 5.97. The molecule has 0 aromatic heterocycles. The third kappa shape index (κ3) is 3.07. The molecule has 1 atom stereocenters. The van der Waals surface area contributed by atoms with Crippen molar-refractivity contribution >= 4 is 5.91 Å². The molecule has 1 heterocycles. The highest BCUT2D eigenvalue weighted by atomic mass is 16.2. The minimum absolute atomic E-state index is 0.0753. The van der Waals surface area contributed by atoms with Gasteiger partial charge in [0.15, 0.2) is 0 Å². The molecule has 1 aromatic rings. The molecule has 1 aliphatic rings. The Morgan fingerprint density at radius 3 is 2.53 bits per heavy atom. The lowest BCUT2D eigenvalue weighted by atomic mass is 9.98. The largest absolute Gasteiger partial charge is 0.353 e. The van der Waals surface area contributed by atoms with Gasteiger partial charge in [0.1, 0.15) is 0 Å². The first kappa shape index (κ1) is 12.1. The SMILES string of the molecule is CC(C)c1ccc(CC2NCCNC2=O)cc1. The maximum atomic E-state index is 11.6. The van der Waals surface area contributed by atoms with E-state index < -0.39 is 0 Å². The molecule has 2 rings (SSSR count). The molecular formula is C14H20N2O. The second-order valence-electron chi connectivity index (χ2n) is 4.90. The molecule has 1 amide bonds. The van der Waals surface area contributed by atoms with Crippen molar-refractivity contribution in [3.8, 4) is 0 Å². The predicted octanol–water partition coefficient (Wildman–Crippen LogP) is 1.44. The van der Waals surface area contributed by atoms with Crippen LogP contribution in [0.5, 0.6) is 0 Å². The van der Waals surface area contributed by atoms with E-state index in [0.717, 1.165) is 19.5 Å². The fraction of sp³-hybridized carbons (Fsp3) is 0.500. The third-order valence-corrected chi connectivity index (χ3v) is 3.22. The summed E-state index contributed by atoms with van der Waals surface area (Å²) in [6.07, 6.45) is 0.768. The molecule has 0 saturated carbocycles. The van der Waals surface area contributed by atoms with Gasteiger partial charge in [0.25, 0.3) is 0 Å². The predicted molar refractivity (Wildman–Crippen MR) is 69.0 cm³/mol. The van der Waals surface area contributed by atoms with E-state index in [0.29, 0.717) is 5.92 Å². The highest BCUT2D eigenvalue weighted by Crippen LogP contribution is 2.15. The van der Waals surface area contributed by atoms with Gasteiger partial charge in [-0.3, -0.25) is 4.79 Å². The highest BCUT2D eigenvalue weighted by molar-refractivity contribution is 5.82. The third-order valence-electron chi connectivity index (χ3n) is 3.22. The van der Waals surface area contributed by atoms with Crippen LogP contribution in [-0.2, 0) is 11.2 Å². The van der Waals surface area contributed by atoms with Crippen molar-refractivity contribution in [2.24, 2.45) is 0 Å². The van der Waals surface area contributed by atoms with Gasteiger partial charge in [-0.2, -0.15) is 0 Å². The zero-order valence-corrected chi connectivity index (χ0v) is 10.5. The highest BCUT2D eigenvalue weighted by Gasteiger charge is 2.21. The van der Waals surface area contributed by atoms with Gasteiger partial charge in [0.05, 0.1) is 6.04 Å². The van der Waals surface area contributed by atoms with E-state index in [1.165, 1.54) is 11.1 Å². The molecule has 92 valence electrons. The summed E-state index contributed by atoms with van der Waals surface area (Å²) >= 11 is 0. The zero-order valence-electron chi connectivity index (χ0n) is 10.5. The van der Waals surface area contributed by atoms with Gasteiger partial charge in [0.2, 0.25) is 5.91 Å². The summed E-state index contributed by atoms with van der Waals surface area (Å²) in [5, 5.41) is 6.12. The van der Waals surface area contributed by atoms with Crippen molar-refractivity contribution in [2.45, 2.75) is 32.2 Å². The molecule has 1 aliphatic heterocycles. The van der Waals surface area contributed by atoms with Crippen LogP contribution in [-0.4, -0.2) is 25.0 Å². The molecular weight excluding hydrogens is 212 g/mol. The molecule has 1 unspecified atom stereocenters. The van der Waals surface area contributed by atoms with Crippen LogP contribution in [0.15, 0.2) is 24.3 Å². The van der Waals surface area contributed by atoms with Crippen molar-refractivity contribution in [1.82, 2.24) is 10.6 Å². The number of nitrogens with one attached hydrogen (secondary N) is 2. The Morgan fingerprint density at radius 2 is 1.94 bits per heavy atom. The Balaban J connectivity index is 2.00. The number of hydrogen-bond acceptors (Lipinski definition) is 2. The molecule has 0 bridgehead atoms. The van der Waals surface area contributed by atoms with E-state index >= 15 is 0 Å². The lowest BCUT2D eigenvalue weighted by Crippen LogP contribution is -2.53. The molecule has 1 fully saturated rings. The van der Waals surface area contributed by atoms with E-state index in [1.807, 2.05) is 0 Å². The van der Waals surface area contributed by atoms with Crippen molar-refractivity contribution in [1.29, 1.82) is 0 Å². The van der Waals surface area contributed by atoms with Gasteiger partial charge in [-0.15, -0.1) is 0 Å². The number of carbonyl (C=O) groups excluding carboxylic acids is 1. The van der Waals surface area contributed by atoms with Gasteiger partial charge >= 0.3 is 0 Å². The quantitative estimate of drug-likeness (QED) is 0.828.